The van der Waals surface area contributed by atoms with E-state index in [0.717, 1.165) is 34.4 Å². The Hall–Kier alpha value is -3.54. The number of nitrogens with zero attached hydrogens (tertiary/aromatic N) is 5. The number of cyclic esters (lactones) is 1. The van der Waals surface area contributed by atoms with Crippen molar-refractivity contribution in [2.75, 3.05) is 13.1 Å². The number of esters is 1. The predicted octanol–water partition coefficient (Wildman–Crippen LogP) is 3.17. The highest BCUT2D eigenvalue weighted by molar-refractivity contribution is 5.94. The summed E-state index contributed by atoms with van der Waals surface area (Å²) in [7, 11) is 0. The zero-order valence-electron chi connectivity index (χ0n) is 19.6. The second-order valence-electron chi connectivity index (χ2n) is 9.54. The Balaban J connectivity index is 1.36. The van der Waals surface area contributed by atoms with Gasteiger partial charge in [0.1, 0.15) is 12.7 Å². The van der Waals surface area contributed by atoms with E-state index in [-0.39, 0.29) is 11.9 Å². The SMILES string of the molecule is Cc1cc(-n2cc(CN3CCC(C)(O)C(c4ccc5c(c4C)COC5=O)C3)cn2)ncc1C#N. The van der Waals surface area contributed by atoms with Gasteiger partial charge in [-0.25, -0.2) is 14.5 Å². The number of rotatable bonds is 4. The van der Waals surface area contributed by atoms with E-state index in [2.05, 4.69) is 21.1 Å². The molecule has 5 rings (SSSR count). The number of ether oxygens (including phenoxy) is 1. The molecular weight excluding hydrogens is 430 g/mol. The Kier molecular flexibility index (Phi) is 5.47. The van der Waals surface area contributed by atoms with Crippen molar-refractivity contribution in [1.29, 1.82) is 5.26 Å². The maximum atomic E-state index is 11.9. The van der Waals surface area contributed by atoms with Crippen LogP contribution in [0.2, 0.25) is 0 Å². The fourth-order valence-electron chi connectivity index (χ4n) is 5.04. The Labute approximate surface area is 198 Å². The van der Waals surface area contributed by atoms with Crippen molar-refractivity contribution in [1.82, 2.24) is 19.7 Å². The second-order valence-corrected chi connectivity index (χ2v) is 9.54. The molecule has 2 unspecified atom stereocenters. The topological polar surface area (TPSA) is 104 Å². The summed E-state index contributed by atoms with van der Waals surface area (Å²) >= 11 is 0. The van der Waals surface area contributed by atoms with E-state index in [0.29, 0.717) is 43.1 Å². The summed E-state index contributed by atoms with van der Waals surface area (Å²) in [6.45, 7) is 8.27. The van der Waals surface area contributed by atoms with Gasteiger partial charge in [-0.1, -0.05) is 6.07 Å². The minimum Gasteiger partial charge on any atom is -0.457 e. The number of nitriles is 1. The van der Waals surface area contributed by atoms with Gasteiger partial charge >= 0.3 is 5.97 Å². The van der Waals surface area contributed by atoms with Crippen LogP contribution in [0.3, 0.4) is 0 Å². The van der Waals surface area contributed by atoms with Crippen LogP contribution in [0.5, 0.6) is 0 Å². The lowest BCUT2D eigenvalue weighted by molar-refractivity contribution is -0.0288. The first-order valence-electron chi connectivity index (χ1n) is 11.4. The van der Waals surface area contributed by atoms with Crippen molar-refractivity contribution in [3.8, 4) is 11.9 Å². The van der Waals surface area contributed by atoms with Gasteiger partial charge in [0.15, 0.2) is 5.82 Å². The largest absolute Gasteiger partial charge is 0.457 e. The van der Waals surface area contributed by atoms with Crippen molar-refractivity contribution >= 4 is 5.97 Å². The number of aromatic nitrogens is 3. The molecule has 3 aromatic rings. The molecule has 0 saturated carbocycles. The third-order valence-corrected chi connectivity index (χ3v) is 7.20. The predicted molar refractivity (Wildman–Crippen MR) is 124 cm³/mol. The van der Waals surface area contributed by atoms with Gasteiger partial charge in [0.05, 0.1) is 22.9 Å². The fourth-order valence-corrected chi connectivity index (χ4v) is 5.04. The first kappa shape index (κ1) is 22.3. The molecule has 2 aromatic heterocycles. The number of hydrogen-bond acceptors (Lipinski definition) is 7. The third-order valence-electron chi connectivity index (χ3n) is 7.20. The summed E-state index contributed by atoms with van der Waals surface area (Å²) in [5.74, 6) is 0.318. The minimum atomic E-state index is -0.840. The van der Waals surface area contributed by atoms with Gasteiger partial charge in [-0.3, -0.25) is 4.90 Å². The molecule has 174 valence electrons. The molecule has 0 spiro atoms. The first-order chi connectivity index (χ1) is 16.3. The first-order valence-corrected chi connectivity index (χ1v) is 11.4. The summed E-state index contributed by atoms with van der Waals surface area (Å²) in [4.78, 5) is 18.6. The number of carbonyl (C=O) groups is 1. The number of aryl methyl sites for hydroxylation is 1. The molecule has 0 radical (unpaired) electrons. The standard InChI is InChI=1S/C26H27N5O3/c1-16-8-24(28-11-19(16)9-27)31-13-18(10-29-31)12-30-7-6-26(3,33)23(14-30)20-4-5-21-22(17(20)2)15-34-25(21)32/h4-5,8,10-11,13,23,33H,6-7,12,14-15H2,1-3H3. The Morgan fingerprint density at radius 3 is 2.91 bits per heavy atom. The third kappa shape index (κ3) is 3.87. The Bertz CT molecular complexity index is 1320. The maximum absolute atomic E-state index is 11.9. The van der Waals surface area contributed by atoms with Crippen molar-refractivity contribution in [3.63, 3.8) is 0 Å². The molecule has 1 fully saturated rings. The fraction of sp³-hybridized carbons (Fsp3) is 0.385. The summed E-state index contributed by atoms with van der Waals surface area (Å²) in [5, 5.41) is 24.8. The number of aliphatic hydroxyl groups is 1. The van der Waals surface area contributed by atoms with Crippen LogP contribution in [0, 0.1) is 25.2 Å². The van der Waals surface area contributed by atoms with Crippen molar-refractivity contribution in [2.24, 2.45) is 0 Å². The highest BCUT2D eigenvalue weighted by atomic mass is 16.5. The molecule has 8 heteroatoms. The van der Waals surface area contributed by atoms with Crippen LogP contribution in [0.4, 0.5) is 0 Å². The lowest BCUT2D eigenvalue weighted by Crippen LogP contribution is -2.48. The zero-order valence-corrected chi connectivity index (χ0v) is 19.6. The van der Waals surface area contributed by atoms with E-state index in [1.807, 2.05) is 51.4 Å². The minimum absolute atomic E-state index is 0.0832. The highest BCUT2D eigenvalue weighted by Gasteiger charge is 2.40. The number of pyridine rings is 1. The molecule has 0 amide bonds. The van der Waals surface area contributed by atoms with E-state index in [4.69, 9.17) is 10.00 Å². The summed E-state index contributed by atoms with van der Waals surface area (Å²) < 4.78 is 6.94. The molecule has 2 atom stereocenters. The number of carbonyl (C=O) groups excluding carboxylic acids is 1. The molecule has 0 bridgehead atoms. The Morgan fingerprint density at radius 1 is 1.32 bits per heavy atom. The van der Waals surface area contributed by atoms with Gasteiger partial charge in [-0.05, 0) is 56.0 Å². The van der Waals surface area contributed by atoms with E-state index in [1.165, 1.54) is 0 Å². The molecule has 0 aliphatic carbocycles. The van der Waals surface area contributed by atoms with Crippen LogP contribution >= 0.6 is 0 Å². The van der Waals surface area contributed by atoms with Crippen LogP contribution in [0.1, 0.15) is 63.0 Å². The summed E-state index contributed by atoms with van der Waals surface area (Å²) in [6.07, 6.45) is 6.01. The van der Waals surface area contributed by atoms with Crippen molar-refractivity contribution < 1.29 is 14.6 Å². The van der Waals surface area contributed by atoms with Gasteiger partial charge in [0.25, 0.3) is 0 Å². The van der Waals surface area contributed by atoms with Crippen LogP contribution in [-0.2, 0) is 17.9 Å². The smallest absolute Gasteiger partial charge is 0.338 e. The normalized spacial score (nSPS) is 22.3. The van der Waals surface area contributed by atoms with E-state index in [9.17, 15) is 9.90 Å². The second kappa shape index (κ2) is 8.35. The quantitative estimate of drug-likeness (QED) is 0.600. The van der Waals surface area contributed by atoms with E-state index in [1.54, 1.807) is 10.9 Å². The van der Waals surface area contributed by atoms with Gasteiger partial charge in [-0.2, -0.15) is 10.4 Å². The van der Waals surface area contributed by atoms with Gasteiger partial charge in [0, 0.05) is 49.1 Å². The molecule has 2 aliphatic rings. The molecule has 1 saturated heterocycles. The molecule has 2 aliphatic heterocycles. The number of benzene rings is 1. The highest BCUT2D eigenvalue weighted by Crippen LogP contribution is 2.40. The molecule has 34 heavy (non-hydrogen) atoms. The van der Waals surface area contributed by atoms with Gasteiger partial charge in [-0.15, -0.1) is 0 Å². The van der Waals surface area contributed by atoms with Crippen molar-refractivity contribution in [2.45, 2.75) is 51.9 Å². The zero-order chi connectivity index (χ0) is 24.0. The van der Waals surface area contributed by atoms with Crippen molar-refractivity contribution in [3.05, 3.63) is 75.7 Å². The van der Waals surface area contributed by atoms with Crippen LogP contribution in [0.15, 0.2) is 36.8 Å². The number of likely N-dealkylation sites (tertiary alicyclic amines) is 1. The average Bonchev–Trinajstić information content (AvgIpc) is 3.43. The van der Waals surface area contributed by atoms with Gasteiger partial charge in [0.2, 0.25) is 0 Å². The number of piperidine rings is 1. The molecular formula is C26H27N5O3. The summed E-state index contributed by atoms with van der Waals surface area (Å²) in [6, 6.07) is 7.79. The summed E-state index contributed by atoms with van der Waals surface area (Å²) in [5.41, 5.74) is 5.30. The lowest BCUT2D eigenvalue weighted by Gasteiger charge is -2.43. The maximum Gasteiger partial charge on any atom is 0.338 e. The monoisotopic (exact) mass is 457 g/mol. The number of hydrogen-bond donors (Lipinski definition) is 1. The van der Waals surface area contributed by atoms with Crippen LogP contribution in [-0.4, -0.2) is 49.4 Å². The molecule has 1 aromatic carbocycles. The molecule has 4 heterocycles. The number of fused-ring (bicyclic) bond motifs is 1. The molecule has 8 nitrogen and oxygen atoms in total. The average molecular weight is 458 g/mol. The van der Waals surface area contributed by atoms with Crippen LogP contribution < -0.4 is 0 Å². The van der Waals surface area contributed by atoms with Crippen LogP contribution in [0.25, 0.3) is 5.82 Å². The van der Waals surface area contributed by atoms with Gasteiger partial charge < -0.3 is 9.84 Å². The lowest BCUT2D eigenvalue weighted by atomic mass is 9.75. The molecule has 1 N–H and O–H groups in total. The van der Waals surface area contributed by atoms with E-state index >= 15 is 0 Å². The Morgan fingerprint density at radius 2 is 2.15 bits per heavy atom. The van der Waals surface area contributed by atoms with E-state index < -0.39 is 5.60 Å².